The van der Waals surface area contributed by atoms with Crippen LogP contribution in [0.1, 0.15) is 56.2 Å². The molecule has 6 nitrogen and oxygen atoms in total. The van der Waals surface area contributed by atoms with Gasteiger partial charge in [0.25, 0.3) is 0 Å². The number of carbonyl (C=O) groups is 1. The van der Waals surface area contributed by atoms with E-state index in [1.54, 1.807) is 0 Å². The van der Waals surface area contributed by atoms with E-state index in [4.69, 9.17) is 9.63 Å². The lowest BCUT2D eigenvalue weighted by atomic mass is 9.86. The molecule has 0 bridgehead atoms. The molecule has 6 heteroatoms. The quantitative estimate of drug-likeness (QED) is 0.842. The van der Waals surface area contributed by atoms with Gasteiger partial charge in [0.1, 0.15) is 0 Å². The lowest BCUT2D eigenvalue weighted by Gasteiger charge is -2.26. The average Bonchev–Trinajstić information content (AvgIpc) is 3.16. The fraction of sp³-hybridized carbons (Fsp3) is 0.769. The zero-order valence-corrected chi connectivity index (χ0v) is 10.8. The molecule has 0 amide bonds. The van der Waals surface area contributed by atoms with E-state index in [9.17, 15) is 4.79 Å². The van der Waals surface area contributed by atoms with Crippen molar-refractivity contribution in [3.63, 3.8) is 0 Å². The second kappa shape index (κ2) is 5.28. The maximum atomic E-state index is 11.0. The van der Waals surface area contributed by atoms with Gasteiger partial charge < -0.3 is 14.9 Å². The molecule has 0 radical (unpaired) electrons. The van der Waals surface area contributed by atoms with E-state index in [1.165, 1.54) is 0 Å². The molecule has 2 unspecified atom stereocenters. The molecule has 1 heterocycles. The van der Waals surface area contributed by atoms with Crippen LogP contribution in [-0.4, -0.2) is 27.3 Å². The predicted octanol–water partition coefficient (Wildman–Crippen LogP) is 1.68. The Labute approximate surface area is 111 Å². The van der Waals surface area contributed by atoms with Crippen molar-refractivity contribution >= 4 is 5.97 Å². The van der Waals surface area contributed by atoms with Crippen LogP contribution < -0.4 is 5.32 Å². The Morgan fingerprint density at radius 2 is 2.21 bits per heavy atom. The molecular weight excluding hydrogens is 246 g/mol. The first-order chi connectivity index (χ1) is 9.22. The average molecular weight is 265 g/mol. The van der Waals surface area contributed by atoms with Gasteiger partial charge in [-0.2, -0.15) is 4.98 Å². The second-order valence-corrected chi connectivity index (χ2v) is 5.60. The second-order valence-electron chi connectivity index (χ2n) is 5.60. The summed E-state index contributed by atoms with van der Waals surface area (Å²) in [6.45, 7) is 0.538. The number of aliphatic carboxylic acids is 1. The van der Waals surface area contributed by atoms with Crippen LogP contribution in [0.15, 0.2) is 4.52 Å². The Bertz CT molecular complexity index is 456. The Kier molecular flexibility index (Phi) is 3.50. The Balaban J connectivity index is 1.49. The fourth-order valence-corrected chi connectivity index (χ4v) is 2.68. The number of aromatic nitrogens is 2. The minimum Gasteiger partial charge on any atom is -0.481 e. The predicted molar refractivity (Wildman–Crippen MR) is 66.5 cm³/mol. The van der Waals surface area contributed by atoms with Crippen LogP contribution in [0, 0.1) is 5.92 Å². The minimum absolute atomic E-state index is 0.212. The zero-order chi connectivity index (χ0) is 13.2. The van der Waals surface area contributed by atoms with Gasteiger partial charge >= 0.3 is 5.97 Å². The normalized spacial score (nSPS) is 27.4. The van der Waals surface area contributed by atoms with Crippen LogP contribution in [0.5, 0.6) is 0 Å². The summed E-state index contributed by atoms with van der Waals surface area (Å²) in [6.07, 6.45) is 5.79. The molecule has 2 atom stereocenters. The number of nitrogens with zero attached hydrogens (tertiary/aromatic N) is 2. The highest BCUT2D eigenvalue weighted by Gasteiger charge is 2.29. The van der Waals surface area contributed by atoms with Crippen LogP contribution in [0.3, 0.4) is 0 Å². The third-order valence-corrected chi connectivity index (χ3v) is 3.99. The topological polar surface area (TPSA) is 88.2 Å². The van der Waals surface area contributed by atoms with Crippen molar-refractivity contribution in [2.75, 3.05) is 0 Å². The van der Waals surface area contributed by atoms with E-state index in [0.717, 1.165) is 37.9 Å². The smallest absolute Gasteiger partial charge is 0.306 e. The molecule has 1 aromatic heterocycles. The number of rotatable bonds is 5. The highest BCUT2D eigenvalue weighted by Crippen LogP contribution is 2.38. The number of carboxylic acid groups (broad SMARTS) is 1. The molecule has 0 saturated heterocycles. The SMILES string of the molecule is O=C(O)C1CCCC(NCc2nc(C3CC3)no2)C1. The van der Waals surface area contributed by atoms with Crippen molar-refractivity contribution < 1.29 is 14.4 Å². The van der Waals surface area contributed by atoms with Crippen molar-refractivity contribution in [1.29, 1.82) is 0 Å². The van der Waals surface area contributed by atoms with Gasteiger partial charge in [0.05, 0.1) is 12.5 Å². The molecule has 0 aromatic carbocycles. The fourth-order valence-electron chi connectivity index (χ4n) is 2.68. The van der Waals surface area contributed by atoms with Crippen LogP contribution in [0.4, 0.5) is 0 Å². The summed E-state index contributed by atoms with van der Waals surface area (Å²) in [6, 6.07) is 0.242. The molecule has 0 aliphatic heterocycles. The lowest BCUT2D eigenvalue weighted by Crippen LogP contribution is -2.36. The van der Waals surface area contributed by atoms with Crippen LogP contribution in [0.2, 0.25) is 0 Å². The molecule has 2 saturated carbocycles. The van der Waals surface area contributed by atoms with E-state index in [2.05, 4.69) is 15.5 Å². The highest BCUT2D eigenvalue weighted by molar-refractivity contribution is 5.70. The summed E-state index contributed by atoms with van der Waals surface area (Å²) in [7, 11) is 0. The van der Waals surface area contributed by atoms with Gasteiger partial charge in [0.15, 0.2) is 5.82 Å². The summed E-state index contributed by atoms with van der Waals surface area (Å²) in [5, 5.41) is 16.3. The highest BCUT2D eigenvalue weighted by atomic mass is 16.5. The van der Waals surface area contributed by atoms with E-state index >= 15 is 0 Å². The molecule has 104 valence electrons. The first-order valence-electron chi connectivity index (χ1n) is 7.01. The molecular formula is C13H19N3O3. The van der Waals surface area contributed by atoms with Gasteiger partial charge in [-0.15, -0.1) is 0 Å². The summed E-state index contributed by atoms with van der Waals surface area (Å²) in [5.41, 5.74) is 0. The monoisotopic (exact) mass is 265 g/mol. The van der Waals surface area contributed by atoms with Crippen molar-refractivity contribution in [2.24, 2.45) is 5.92 Å². The molecule has 3 rings (SSSR count). The first-order valence-corrected chi connectivity index (χ1v) is 7.01. The Morgan fingerprint density at radius 3 is 2.95 bits per heavy atom. The lowest BCUT2D eigenvalue weighted by molar-refractivity contribution is -0.143. The number of carboxylic acids is 1. The maximum Gasteiger partial charge on any atom is 0.306 e. The summed E-state index contributed by atoms with van der Waals surface area (Å²) in [4.78, 5) is 15.3. The van der Waals surface area contributed by atoms with Crippen molar-refractivity contribution in [1.82, 2.24) is 15.5 Å². The molecule has 2 aliphatic rings. The van der Waals surface area contributed by atoms with Crippen LogP contribution in [-0.2, 0) is 11.3 Å². The molecule has 2 fully saturated rings. The van der Waals surface area contributed by atoms with Gasteiger partial charge in [0.2, 0.25) is 5.89 Å². The zero-order valence-electron chi connectivity index (χ0n) is 10.8. The summed E-state index contributed by atoms with van der Waals surface area (Å²) < 4.78 is 5.19. The van der Waals surface area contributed by atoms with Crippen molar-refractivity contribution in [2.45, 2.75) is 57.0 Å². The largest absolute Gasteiger partial charge is 0.481 e. The van der Waals surface area contributed by atoms with Gasteiger partial charge in [-0.1, -0.05) is 11.6 Å². The summed E-state index contributed by atoms with van der Waals surface area (Å²) in [5.74, 6) is 1.04. The third-order valence-electron chi connectivity index (χ3n) is 3.99. The Morgan fingerprint density at radius 1 is 1.37 bits per heavy atom. The van der Waals surface area contributed by atoms with Gasteiger partial charge in [-0.25, -0.2) is 0 Å². The van der Waals surface area contributed by atoms with Gasteiger partial charge in [-0.3, -0.25) is 4.79 Å². The molecule has 0 spiro atoms. The molecule has 2 N–H and O–H groups in total. The van der Waals surface area contributed by atoms with Crippen molar-refractivity contribution in [3.8, 4) is 0 Å². The van der Waals surface area contributed by atoms with Crippen molar-refractivity contribution in [3.05, 3.63) is 11.7 Å². The standard InChI is InChI=1S/C13H19N3O3/c17-13(18)9-2-1-3-10(6-9)14-7-11-15-12(16-19-11)8-4-5-8/h8-10,14H,1-7H2,(H,17,18). The summed E-state index contributed by atoms with van der Waals surface area (Å²) >= 11 is 0. The van der Waals surface area contributed by atoms with Gasteiger partial charge in [-0.05, 0) is 32.1 Å². The van der Waals surface area contributed by atoms with E-state index in [-0.39, 0.29) is 12.0 Å². The van der Waals surface area contributed by atoms with E-state index < -0.39 is 5.97 Å². The Hall–Kier alpha value is -1.43. The molecule has 19 heavy (non-hydrogen) atoms. The van der Waals surface area contributed by atoms with Crippen LogP contribution in [0.25, 0.3) is 0 Å². The molecule has 1 aromatic rings. The number of hydrogen-bond acceptors (Lipinski definition) is 5. The third kappa shape index (κ3) is 3.12. The maximum absolute atomic E-state index is 11.0. The van der Waals surface area contributed by atoms with E-state index in [0.29, 0.717) is 24.8 Å². The minimum atomic E-state index is -0.680. The first kappa shape index (κ1) is 12.6. The number of nitrogens with one attached hydrogen (secondary N) is 1. The van der Waals surface area contributed by atoms with E-state index in [1.807, 2.05) is 0 Å². The van der Waals surface area contributed by atoms with Crippen LogP contribution >= 0.6 is 0 Å². The van der Waals surface area contributed by atoms with Gasteiger partial charge in [0, 0.05) is 12.0 Å². The number of hydrogen-bond donors (Lipinski definition) is 2. The molecule has 2 aliphatic carbocycles.